The molecule has 2 aromatic heterocycles. The molecular formula is C8H10N4S. The van der Waals surface area contributed by atoms with Crippen LogP contribution in [0.3, 0.4) is 0 Å². The zero-order valence-electron chi connectivity index (χ0n) is 7.24. The number of hydrogen-bond donors (Lipinski definition) is 2. The Hall–Kier alpha value is -1.20. The summed E-state index contributed by atoms with van der Waals surface area (Å²) >= 11 is 1.58. The Balaban J connectivity index is 2.23. The lowest BCUT2D eigenvalue weighted by Crippen LogP contribution is -2.04. The number of imidazole rings is 1. The minimum absolute atomic E-state index is 0.811. The normalized spacial score (nSPS) is 10.5. The van der Waals surface area contributed by atoms with Gasteiger partial charge in [0.15, 0.2) is 0 Å². The molecule has 0 amide bonds. The third-order valence-electron chi connectivity index (χ3n) is 1.66. The first-order chi connectivity index (χ1) is 6.40. The van der Waals surface area contributed by atoms with Crippen molar-refractivity contribution in [3.63, 3.8) is 0 Å². The van der Waals surface area contributed by atoms with Crippen LogP contribution < -0.4 is 5.32 Å². The summed E-state index contributed by atoms with van der Waals surface area (Å²) in [5, 5.41) is 3.06. The van der Waals surface area contributed by atoms with Crippen LogP contribution in [0.25, 0.3) is 10.7 Å². The summed E-state index contributed by atoms with van der Waals surface area (Å²) in [5.41, 5.74) is 2.89. The first kappa shape index (κ1) is 8.40. The van der Waals surface area contributed by atoms with Crippen molar-refractivity contribution in [3.05, 3.63) is 23.6 Å². The molecule has 0 aliphatic rings. The van der Waals surface area contributed by atoms with Gasteiger partial charge in [-0.2, -0.15) is 0 Å². The summed E-state index contributed by atoms with van der Waals surface area (Å²) in [6.07, 6.45) is 3.65. The SMILES string of the molecule is CNCc1cnc(-c2cncs2)[nH]1. The molecule has 0 atom stereocenters. The van der Waals surface area contributed by atoms with E-state index in [4.69, 9.17) is 0 Å². The van der Waals surface area contributed by atoms with Gasteiger partial charge in [0, 0.05) is 24.6 Å². The van der Waals surface area contributed by atoms with E-state index in [1.165, 1.54) is 0 Å². The van der Waals surface area contributed by atoms with Crippen LogP contribution in [0.2, 0.25) is 0 Å². The third kappa shape index (κ3) is 1.76. The maximum atomic E-state index is 4.25. The number of rotatable bonds is 3. The fourth-order valence-electron chi connectivity index (χ4n) is 1.10. The highest BCUT2D eigenvalue weighted by atomic mass is 32.1. The molecule has 4 nitrogen and oxygen atoms in total. The Labute approximate surface area is 80.1 Å². The van der Waals surface area contributed by atoms with Crippen LogP contribution >= 0.6 is 11.3 Å². The fraction of sp³-hybridized carbons (Fsp3) is 0.250. The Morgan fingerprint density at radius 3 is 3.15 bits per heavy atom. The molecule has 2 aromatic rings. The maximum Gasteiger partial charge on any atom is 0.149 e. The van der Waals surface area contributed by atoms with Gasteiger partial charge in [-0.25, -0.2) is 4.98 Å². The monoisotopic (exact) mass is 194 g/mol. The summed E-state index contributed by atoms with van der Waals surface area (Å²) in [4.78, 5) is 12.5. The Morgan fingerprint density at radius 2 is 2.46 bits per heavy atom. The molecule has 68 valence electrons. The molecule has 2 N–H and O–H groups in total. The van der Waals surface area contributed by atoms with Crippen molar-refractivity contribution in [2.75, 3.05) is 7.05 Å². The largest absolute Gasteiger partial charge is 0.340 e. The molecule has 5 heteroatoms. The van der Waals surface area contributed by atoms with Gasteiger partial charge in [0.25, 0.3) is 0 Å². The van der Waals surface area contributed by atoms with Crippen LogP contribution in [0.5, 0.6) is 0 Å². The maximum absolute atomic E-state index is 4.25. The highest BCUT2D eigenvalue weighted by molar-refractivity contribution is 7.13. The lowest BCUT2D eigenvalue weighted by Gasteiger charge is -1.92. The first-order valence-electron chi connectivity index (χ1n) is 3.97. The van der Waals surface area contributed by atoms with Gasteiger partial charge in [0.2, 0.25) is 0 Å². The zero-order chi connectivity index (χ0) is 9.10. The smallest absolute Gasteiger partial charge is 0.149 e. The number of H-pyrrole nitrogens is 1. The van der Waals surface area contributed by atoms with Crippen LogP contribution in [-0.4, -0.2) is 22.0 Å². The molecule has 0 aromatic carbocycles. The summed E-state index contributed by atoms with van der Waals surface area (Å²) in [5.74, 6) is 0.896. The topological polar surface area (TPSA) is 53.6 Å². The van der Waals surface area contributed by atoms with E-state index in [1.807, 2.05) is 19.4 Å². The Morgan fingerprint density at radius 1 is 1.54 bits per heavy atom. The van der Waals surface area contributed by atoms with Crippen LogP contribution in [0.4, 0.5) is 0 Å². The van der Waals surface area contributed by atoms with Crippen molar-refractivity contribution in [2.45, 2.75) is 6.54 Å². The van der Waals surface area contributed by atoms with Gasteiger partial charge in [-0.3, -0.25) is 4.98 Å². The molecule has 0 aliphatic heterocycles. The van der Waals surface area contributed by atoms with E-state index >= 15 is 0 Å². The Kier molecular flexibility index (Phi) is 2.37. The summed E-state index contributed by atoms with van der Waals surface area (Å²) in [6, 6.07) is 0. The number of aromatic nitrogens is 3. The fourth-order valence-corrected chi connectivity index (χ4v) is 1.67. The van der Waals surface area contributed by atoms with Crippen molar-refractivity contribution in [2.24, 2.45) is 0 Å². The predicted octanol–water partition coefficient (Wildman–Crippen LogP) is 1.25. The summed E-state index contributed by atoms with van der Waals surface area (Å²) in [7, 11) is 1.91. The number of hydrogen-bond acceptors (Lipinski definition) is 4. The van der Waals surface area contributed by atoms with E-state index in [9.17, 15) is 0 Å². The molecular weight excluding hydrogens is 184 g/mol. The van der Waals surface area contributed by atoms with Gasteiger partial charge >= 0.3 is 0 Å². The highest BCUT2D eigenvalue weighted by Gasteiger charge is 2.03. The van der Waals surface area contributed by atoms with Crippen molar-refractivity contribution in [1.29, 1.82) is 0 Å². The molecule has 0 unspecified atom stereocenters. The second-order valence-corrected chi connectivity index (χ2v) is 3.54. The number of nitrogens with zero attached hydrogens (tertiary/aromatic N) is 2. The second-order valence-electron chi connectivity index (χ2n) is 2.65. The van der Waals surface area contributed by atoms with E-state index in [-0.39, 0.29) is 0 Å². The summed E-state index contributed by atoms with van der Waals surface area (Å²) < 4.78 is 0. The van der Waals surface area contributed by atoms with E-state index in [0.717, 1.165) is 22.9 Å². The quantitative estimate of drug-likeness (QED) is 0.773. The van der Waals surface area contributed by atoms with Gasteiger partial charge in [0.05, 0.1) is 10.4 Å². The highest BCUT2D eigenvalue weighted by Crippen LogP contribution is 2.19. The second kappa shape index (κ2) is 3.68. The van der Waals surface area contributed by atoms with Gasteiger partial charge < -0.3 is 10.3 Å². The molecule has 2 heterocycles. The van der Waals surface area contributed by atoms with Crippen LogP contribution in [0.1, 0.15) is 5.69 Å². The van der Waals surface area contributed by atoms with Crippen LogP contribution in [0.15, 0.2) is 17.9 Å². The van der Waals surface area contributed by atoms with E-state index in [1.54, 1.807) is 16.8 Å². The van der Waals surface area contributed by atoms with Gasteiger partial charge in [0.1, 0.15) is 5.82 Å². The van der Waals surface area contributed by atoms with Gasteiger partial charge in [-0.05, 0) is 7.05 Å². The molecule has 0 spiro atoms. The predicted molar refractivity (Wildman–Crippen MR) is 52.5 cm³/mol. The molecule has 0 saturated carbocycles. The molecule has 13 heavy (non-hydrogen) atoms. The molecule has 0 radical (unpaired) electrons. The molecule has 0 bridgehead atoms. The van der Waals surface area contributed by atoms with Crippen LogP contribution in [-0.2, 0) is 6.54 Å². The van der Waals surface area contributed by atoms with Crippen molar-refractivity contribution in [3.8, 4) is 10.7 Å². The Bertz CT molecular complexity index is 365. The van der Waals surface area contributed by atoms with Gasteiger partial charge in [-0.1, -0.05) is 0 Å². The standard InChI is InChI=1S/C8H10N4S/c1-9-2-6-3-11-8(12-6)7-4-10-5-13-7/h3-5,9H,2H2,1H3,(H,11,12). The lowest BCUT2D eigenvalue weighted by atomic mass is 10.5. The zero-order valence-corrected chi connectivity index (χ0v) is 8.06. The molecule has 0 aliphatic carbocycles. The van der Waals surface area contributed by atoms with Gasteiger partial charge in [-0.15, -0.1) is 11.3 Å². The minimum Gasteiger partial charge on any atom is -0.340 e. The average molecular weight is 194 g/mol. The average Bonchev–Trinajstić information content (AvgIpc) is 2.70. The van der Waals surface area contributed by atoms with Crippen molar-refractivity contribution >= 4 is 11.3 Å². The molecule has 2 rings (SSSR count). The summed E-state index contributed by atoms with van der Waals surface area (Å²) in [6.45, 7) is 0.811. The first-order valence-corrected chi connectivity index (χ1v) is 4.85. The van der Waals surface area contributed by atoms with Crippen LogP contribution in [0, 0.1) is 0 Å². The van der Waals surface area contributed by atoms with E-state index in [2.05, 4.69) is 20.3 Å². The lowest BCUT2D eigenvalue weighted by molar-refractivity contribution is 0.797. The third-order valence-corrected chi connectivity index (χ3v) is 2.44. The molecule has 0 saturated heterocycles. The number of nitrogens with one attached hydrogen (secondary N) is 2. The van der Waals surface area contributed by atoms with Crippen molar-refractivity contribution in [1.82, 2.24) is 20.3 Å². The number of thiazole rings is 1. The number of aromatic amines is 1. The van der Waals surface area contributed by atoms with E-state index in [0.29, 0.717) is 0 Å². The van der Waals surface area contributed by atoms with E-state index < -0.39 is 0 Å². The van der Waals surface area contributed by atoms with Crippen molar-refractivity contribution < 1.29 is 0 Å². The minimum atomic E-state index is 0.811. The molecule has 0 fully saturated rings.